The van der Waals surface area contributed by atoms with Crippen LogP contribution in [-0.4, -0.2) is 48.1 Å². The van der Waals surface area contributed by atoms with Crippen LogP contribution < -0.4 is 10.6 Å². The minimum Gasteiger partial charge on any atom is -0.395 e. The molecule has 1 aliphatic heterocycles. The summed E-state index contributed by atoms with van der Waals surface area (Å²) >= 11 is 0. The van der Waals surface area contributed by atoms with Crippen LogP contribution in [0, 0.1) is 6.92 Å². The maximum Gasteiger partial charge on any atom is 0.251 e. The highest BCUT2D eigenvalue weighted by Crippen LogP contribution is 2.29. The van der Waals surface area contributed by atoms with Gasteiger partial charge in [0.1, 0.15) is 11.8 Å². The number of amides is 1. The molecule has 1 amide bonds. The van der Waals surface area contributed by atoms with Crippen molar-refractivity contribution in [1.29, 1.82) is 0 Å². The highest BCUT2D eigenvalue weighted by Gasteiger charge is 2.33. The Morgan fingerprint density at radius 3 is 2.88 bits per heavy atom. The van der Waals surface area contributed by atoms with Crippen molar-refractivity contribution in [3.05, 3.63) is 29.5 Å². The van der Waals surface area contributed by atoms with Gasteiger partial charge in [-0.15, -0.1) is 12.4 Å². The third-order valence-corrected chi connectivity index (χ3v) is 4.33. The summed E-state index contributed by atoms with van der Waals surface area (Å²) < 4.78 is 11.0. The minimum absolute atomic E-state index is 0. The molecular formula is C17H24ClN3O4. The molecule has 138 valence electrons. The van der Waals surface area contributed by atoms with Gasteiger partial charge in [-0.25, -0.2) is 0 Å². The Hall–Kier alpha value is -1.67. The van der Waals surface area contributed by atoms with Crippen molar-refractivity contribution in [2.45, 2.75) is 38.5 Å². The molecule has 1 saturated heterocycles. The van der Waals surface area contributed by atoms with Gasteiger partial charge in [0.05, 0.1) is 24.8 Å². The maximum absolute atomic E-state index is 12.5. The lowest BCUT2D eigenvalue weighted by Gasteiger charge is -2.31. The predicted octanol–water partition coefficient (Wildman–Crippen LogP) is 1.26. The quantitative estimate of drug-likeness (QED) is 0.750. The number of aliphatic hydroxyl groups is 1. The van der Waals surface area contributed by atoms with E-state index in [4.69, 9.17) is 14.4 Å². The second kappa shape index (κ2) is 7.70. The number of para-hydroxylation sites is 1. The van der Waals surface area contributed by atoms with Gasteiger partial charge in [-0.2, -0.15) is 0 Å². The highest BCUT2D eigenvalue weighted by atomic mass is 35.5. The van der Waals surface area contributed by atoms with E-state index < -0.39 is 11.6 Å². The number of benzene rings is 1. The molecule has 1 aliphatic rings. The number of halogens is 1. The van der Waals surface area contributed by atoms with Crippen molar-refractivity contribution >= 4 is 29.3 Å². The molecule has 0 radical (unpaired) electrons. The first-order chi connectivity index (χ1) is 11.4. The molecular weight excluding hydrogens is 346 g/mol. The Balaban J connectivity index is 0.00000225. The number of carbonyl (C=O) groups is 1. The molecule has 0 spiro atoms. The molecule has 2 heterocycles. The van der Waals surface area contributed by atoms with E-state index in [0.29, 0.717) is 18.8 Å². The summed E-state index contributed by atoms with van der Waals surface area (Å²) in [6, 6.07) is 5.72. The number of ether oxygens (including phenoxy) is 1. The van der Waals surface area contributed by atoms with Crippen LogP contribution in [0.25, 0.3) is 11.0 Å². The Kier molecular flexibility index (Phi) is 6.05. The Morgan fingerprint density at radius 1 is 1.48 bits per heavy atom. The van der Waals surface area contributed by atoms with Crippen molar-refractivity contribution in [2.75, 3.05) is 19.8 Å². The fraction of sp³-hybridized carbons (Fsp3) is 0.529. The third kappa shape index (κ3) is 3.95. The summed E-state index contributed by atoms with van der Waals surface area (Å²) in [6.45, 7) is 6.40. The molecule has 8 heteroatoms. The number of rotatable bonds is 4. The predicted molar refractivity (Wildman–Crippen MR) is 95.8 cm³/mol. The maximum atomic E-state index is 12.5. The fourth-order valence-electron chi connectivity index (χ4n) is 2.91. The van der Waals surface area contributed by atoms with E-state index in [1.807, 2.05) is 39.0 Å². The number of aliphatic hydroxyl groups excluding tert-OH is 1. The Bertz CT molecular complexity index is 739. The average molecular weight is 370 g/mol. The number of hydrogen-bond acceptors (Lipinski definition) is 6. The monoisotopic (exact) mass is 369 g/mol. The van der Waals surface area contributed by atoms with Crippen LogP contribution in [0.15, 0.2) is 22.7 Å². The number of carbonyl (C=O) groups excluding carboxylic acids is 1. The van der Waals surface area contributed by atoms with Crippen LogP contribution >= 0.6 is 12.4 Å². The van der Waals surface area contributed by atoms with Gasteiger partial charge >= 0.3 is 0 Å². The number of nitrogens with zero attached hydrogens (tertiary/aromatic N) is 1. The zero-order valence-corrected chi connectivity index (χ0v) is 15.4. The molecule has 1 aromatic carbocycles. The van der Waals surface area contributed by atoms with Crippen LogP contribution in [0.3, 0.4) is 0 Å². The molecule has 3 rings (SSSR count). The van der Waals surface area contributed by atoms with Crippen molar-refractivity contribution in [1.82, 2.24) is 15.8 Å². The van der Waals surface area contributed by atoms with Crippen molar-refractivity contribution in [3.8, 4) is 0 Å². The van der Waals surface area contributed by atoms with E-state index in [1.54, 1.807) is 0 Å². The second-order valence-electron chi connectivity index (χ2n) is 6.71. The Morgan fingerprint density at radius 2 is 2.24 bits per heavy atom. The first kappa shape index (κ1) is 19.7. The lowest BCUT2D eigenvalue weighted by atomic mass is 9.96. The second-order valence-corrected chi connectivity index (χ2v) is 6.71. The van der Waals surface area contributed by atoms with Crippen LogP contribution in [-0.2, 0) is 15.1 Å². The number of fused-ring (bicyclic) bond motifs is 1. The lowest BCUT2D eigenvalue weighted by Crippen LogP contribution is -2.56. The molecule has 2 atom stereocenters. The fourth-order valence-corrected chi connectivity index (χ4v) is 2.91. The third-order valence-electron chi connectivity index (χ3n) is 4.33. The first-order valence-electron chi connectivity index (χ1n) is 8.05. The molecule has 25 heavy (non-hydrogen) atoms. The van der Waals surface area contributed by atoms with Gasteiger partial charge < -0.3 is 25.0 Å². The van der Waals surface area contributed by atoms with E-state index >= 15 is 0 Å². The highest BCUT2D eigenvalue weighted by molar-refractivity contribution is 5.86. The lowest BCUT2D eigenvalue weighted by molar-refractivity contribution is -0.138. The zero-order valence-electron chi connectivity index (χ0n) is 14.5. The molecule has 7 nitrogen and oxygen atoms in total. The van der Waals surface area contributed by atoms with E-state index in [2.05, 4.69) is 15.8 Å². The van der Waals surface area contributed by atoms with Crippen molar-refractivity contribution in [2.24, 2.45) is 0 Å². The van der Waals surface area contributed by atoms with Crippen LogP contribution in [0.1, 0.15) is 25.1 Å². The number of hydrogen-bond donors (Lipinski definition) is 3. The topological polar surface area (TPSA) is 96.6 Å². The molecule has 1 fully saturated rings. The Labute approximate surface area is 152 Å². The summed E-state index contributed by atoms with van der Waals surface area (Å²) in [5, 5.41) is 20.2. The normalized spacial score (nSPS) is 21.0. The van der Waals surface area contributed by atoms with E-state index in [1.165, 1.54) is 0 Å². The smallest absolute Gasteiger partial charge is 0.251 e. The SMILES string of the molecule is Cc1cccc2c(C(C)(C)NC(=O)[C@@H]3CN[C@H](CO)CO3)noc12.Cl. The van der Waals surface area contributed by atoms with Crippen LogP contribution in [0.4, 0.5) is 0 Å². The van der Waals surface area contributed by atoms with Gasteiger partial charge in [0.15, 0.2) is 5.58 Å². The average Bonchev–Trinajstić information content (AvgIpc) is 3.01. The van der Waals surface area contributed by atoms with Crippen molar-refractivity contribution in [3.63, 3.8) is 0 Å². The molecule has 2 aromatic rings. The number of nitrogens with one attached hydrogen (secondary N) is 2. The number of morpholine rings is 1. The molecule has 0 saturated carbocycles. The molecule has 0 bridgehead atoms. The van der Waals surface area contributed by atoms with Gasteiger partial charge in [-0.1, -0.05) is 17.3 Å². The van der Waals surface area contributed by atoms with Gasteiger partial charge in [-0.05, 0) is 32.4 Å². The van der Waals surface area contributed by atoms with Crippen molar-refractivity contribution < 1.29 is 19.2 Å². The number of aromatic nitrogens is 1. The molecule has 1 aromatic heterocycles. The van der Waals surface area contributed by atoms with E-state index in [-0.39, 0.29) is 31.0 Å². The van der Waals surface area contributed by atoms with Crippen LogP contribution in [0.5, 0.6) is 0 Å². The molecule has 0 aliphatic carbocycles. The largest absolute Gasteiger partial charge is 0.395 e. The summed E-state index contributed by atoms with van der Waals surface area (Å²) in [5.74, 6) is -0.215. The molecule has 0 unspecified atom stereocenters. The van der Waals surface area contributed by atoms with Crippen LogP contribution in [0.2, 0.25) is 0 Å². The van der Waals surface area contributed by atoms with Gasteiger partial charge in [-0.3, -0.25) is 4.79 Å². The minimum atomic E-state index is -0.701. The summed E-state index contributed by atoms with van der Waals surface area (Å²) in [4.78, 5) is 12.5. The van der Waals surface area contributed by atoms with Gasteiger partial charge in [0.2, 0.25) is 0 Å². The summed E-state index contributed by atoms with van der Waals surface area (Å²) in [7, 11) is 0. The number of aryl methyl sites for hydroxylation is 1. The summed E-state index contributed by atoms with van der Waals surface area (Å²) in [6.07, 6.45) is -0.591. The van der Waals surface area contributed by atoms with E-state index in [9.17, 15) is 4.79 Å². The first-order valence-corrected chi connectivity index (χ1v) is 8.05. The summed E-state index contributed by atoms with van der Waals surface area (Å²) in [5.41, 5.74) is 1.72. The molecule has 3 N–H and O–H groups in total. The van der Waals surface area contributed by atoms with E-state index in [0.717, 1.165) is 16.5 Å². The van der Waals surface area contributed by atoms with Gasteiger partial charge in [0.25, 0.3) is 5.91 Å². The van der Waals surface area contributed by atoms with Gasteiger partial charge in [0, 0.05) is 11.9 Å². The standard InChI is InChI=1S/C17H23N3O4.ClH/c1-10-5-4-6-12-14(10)24-20-15(12)17(2,3)19-16(22)13-7-18-11(8-21)9-23-13;/h4-6,11,13,18,21H,7-9H2,1-3H3,(H,19,22);1H/t11-,13+;/m1./s1. The zero-order chi connectivity index (χ0) is 17.3.